The zero-order chi connectivity index (χ0) is 14.9. The summed E-state index contributed by atoms with van der Waals surface area (Å²) in [5.74, 6) is 0.913. The average molecular weight is 286 g/mol. The first-order valence-electron chi connectivity index (χ1n) is 6.45. The summed E-state index contributed by atoms with van der Waals surface area (Å²) in [7, 11) is 0. The predicted molar refractivity (Wildman–Crippen MR) is 70.5 cm³/mol. The van der Waals surface area contributed by atoms with Gasteiger partial charge in [0.25, 0.3) is 0 Å². The highest BCUT2D eigenvalue weighted by Gasteiger charge is 2.34. The Morgan fingerprint density at radius 1 is 1.30 bits per heavy atom. The highest BCUT2D eigenvalue weighted by molar-refractivity contribution is 5.68. The monoisotopic (exact) mass is 286 g/mol. The van der Waals surface area contributed by atoms with E-state index in [-0.39, 0.29) is 6.04 Å². The van der Waals surface area contributed by atoms with Crippen LogP contribution in [0.4, 0.5) is 19.0 Å². The number of nitrogens with zero attached hydrogens (tertiary/aromatic N) is 3. The van der Waals surface area contributed by atoms with Crippen LogP contribution in [0.5, 0.6) is 0 Å². The number of rotatable bonds is 4. The molecule has 110 valence electrons. The first kappa shape index (κ1) is 14.6. The van der Waals surface area contributed by atoms with Crippen molar-refractivity contribution in [2.45, 2.75) is 39.4 Å². The van der Waals surface area contributed by atoms with Gasteiger partial charge in [-0.15, -0.1) is 0 Å². The van der Waals surface area contributed by atoms with E-state index in [1.165, 1.54) is 16.9 Å². The molecule has 0 amide bonds. The summed E-state index contributed by atoms with van der Waals surface area (Å²) in [5, 5.41) is 6.67. The number of nitrogens with one attached hydrogen (secondary N) is 1. The van der Waals surface area contributed by atoms with E-state index in [9.17, 15) is 13.2 Å². The number of aromatic nitrogens is 3. The molecule has 1 atom stereocenters. The molecule has 0 spiro atoms. The van der Waals surface area contributed by atoms with E-state index in [1.54, 1.807) is 0 Å². The zero-order valence-electron chi connectivity index (χ0n) is 11.6. The maximum absolute atomic E-state index is 12.7. The van der Waals surface area contributed by atoms with Crippen molar-refractivity contribution in [1.29, 1.82) is 0 Å². The Morgan fingerprint density at radius 3 is 2.60 bits per heavy atom. The van der Waals surface area contributed by atoms with E-state index in [1.807, 2.05) is 6.92 Å². The molecule has 0 aliphatic carbocycles. The van der Waals surface area contributed by atoms with Crippen LogP contribution in [0, 0.1) is 5.92 Å². The van der Waals surface area contributed by atoms with Crippen molar-refractivity contribution >= 4 is 11.3 Å². The Kier molecular flexibility index (Phi) is 3.87. The third-order valence-electron chi connectivity index (χ3n) is 2.89. The Morgan fingerprint density at radius 2 is 2.00 bits per heavy atom. The number of hydrogen-bond donors (Lipinski definition) is 1. The van der Waals surface area contributed by atoms with Gasteiger partial charge in [-0.25, -0.2) is 9.50 Å². The lowest BCUT2D eigenvalue weighted by molar-refractivity contribution is -0.141. The molecule has 0 radical (unpaired) electrons. The second-order valence-electron chi connectivity index (χ2n) is 5.31. The van der Waals surface area contributed by atoms with Gasteiger partial charge in [-0.3, -0.25) is 0 Å². The minimum atomic E-state index is -4.45. The van der Waals surface area contributed by atoms with Crippen molar-refractivity contribution in [1.82, 2.24) is 14.6 Å². The lowest BCUT2D eigenvalue weighted by atomic mass is 10.1. The molecule has 20 heavy (non-hydrogen) atoms. The second-order valence-corrected chi connectivity index (χ2v) is 5.31. The molecule has 2 aromatic heterocycles. The normalized spacial score (nSPS) is 13.9. The van der Waals surface area contributed by atoms with Crippen LogP contribution >= 0.6 is 0 Å². The van der Waals surface area contributed by atoms with Crippen molar-refractivity contribution in [3.63, 3.8) is 0 Å². The Hall–Kier alpha value is -1.79. The molecule has 0 saturated heterocycles. The highest BCUT2D eigenvalue weighted by Crippen LogP contribution is 2.30. The number of halogens is 3. The molecule has 2 aromatic rings. The molecule has 0 aliphatic heterocycles. The van der Waals surface area contributed by atoms with Crippen molar-refractivity contribution in [2.24, 2.45) is 5.92 Å². The summed E-state index contributed by atoms with van der Waals surface area (Å²) in [6.45, 7) is 6.16. The van der Waals surface area contributed by atoms with Gasteiger partial charge < -0.3 is 5.32 Å². The number of alkyl halides is 3. The zero-order valence-corrected chi connectivity index (χ0v) is 11.6. The summed E-state index contributed by atoms with van der Waals surface area (Å²) in [6, 6.07) is 1.13. The van der Waals surface area contributed by atoms with Gasteiger partial charge in [0.1, 0.15) is 5.52 Å². The van der Waals surface area contributed by atoms with Crippen LogP contribution in [-0.2, 0) is 6.18 Å². The van der Waals surface area contributed by atoms with Gasteiger partial charge in [-0.1, -0.05) is 13.8 Å². The van der Waals surface area contributed by atoms with E-state index in [0.29, 0.717) is 17.3 Å². The van der Waals surface area contributed by atoms with Gasteiger partial charge in [0.2, 0.25) is 0 Å². The molecule has 1 unspecified atom stereocenters. The van der Waals surface area contributed by atoms with Crippen molar-refractivity contribution in [3.05, 3.63) is 24.2 Å². The minimum Gasteiger partial charge on any atom is -0.366 e. The number of fused-ring (bicyclic) bond motifs is 1. The molecule has 0 aromatic carbocycles. The molecule has 0 fully saturated rings. The number of hydrogen-bond acceptors (Lipinski definition) is 3. The van der Waals surface area contributed by atoms with Crippen LogP contribution in [0.1, 0.15) is 32.9 Å². The first-order valence-corrected chi connectivity index (χ1v) is 6.45. The fourth-order valence-electron chi connectivity index (χ4n) is 2.17. The first-order chi connectivity index (χ1) is 9.27. The standard InChI is InChI=1S/C13H17F3N4/c1-8(2)6-9(3)18-12-10-7-11(13(14,15)16)19-20(10)5-4-17-12/h4-5,7-9H,6H2,1-3H3,(H,17,18). The van der Waals surface area contributed by atoms with Gasteiger partial charge in [0, 0.05) is 24.5 Å². The van der Waals surface area contributed by atoms with Gasteiger partial charge in [0.05, 0.1) is 0 Å². The molecule has 1 N–H and O–H groups in total. The van der Waals surface area contributed by atoms with Crippen LogP contribution in [0.15, 0.2) is 18.5 Å². The lowest BCUT2D eigenvalue weighted by Gasteiger charge is -2.16. The van der Waals surface area contributed by atoms with Crippen LogP contribution in [-0.4, -0.2) is 20.6 Å². The van der Waals surface area contributed by atoms with E-state index in [4.69, 9.17) is 0 Å². The van der Waals surface area contributed by atoms with Crippen molar-refractivity contribution in [3.8, 4) is 0 Å². The minimum absolute atomic E-state index is 0.123. The van der Waals surface area contributed by atoms with Crippen molar-refractivity contribution in [2.75, 3.05) is 5.32 Å². The lowest BCUT2D eigenvalue weighted by Crippen LogP contribution is -2.18. The van der Waals surface area contributed by atoms with E-state index in [0.717, 1.165) is 12.5 Å². The molecule has 0 bridgehead atoms. The maximum Gasteiger partial charge on any atom is 0.435 e. The molecule has 2 heterocycles. The third kappa shape index (κ3) is 3.20. The Bertz CT molecular complexity index is 589. The molecular formula is C13H17F3N4. The summed E-state index contributed by atoms with van der Waals surface area (Å²) < 4.78 is 39.2. The third-order valence-corrected chi connectivity index (χ3v) is 2.89. The van der Waals surface area contributed by atoms with Gasteiger partial charge in [0.15, 0.2) is 11.5 Å². The average Bonchev–Trinajstić information content (AvgIpc) is 2.72. The maximum atomic E-state index is 12.7. The highest BCUT2D eigenvalue weighted by atomic mass is 19.4. The van der Waals surface area contributed by atoms with Crippen LogP contribution < -0.4 is 5.32 Å². The fourth-order valence-corrected chi connectivity index (χ4v) is 2.17. The Balaban J connectivity index is 2.32. The quantitative estimate of drug-likeness (QED) is 0.934. The van der Waals surface area contributed by atoms with E-state index < -0.39 is 11.9 Å². The second kappa shape index (κ2) is 5.30. The predicted octanol–water partition coefficient (Wildman–Crippen LogP) is 3.59. The summed E-state index contributed by atoms with van der Waals surface area (Å²) in [5.41, 5.74) is -0.583. The van der Waals surface area contributed by atoms with E-state index in [2.05, 4.69) is 29.2 Å². The van der Waals surface area contributed by atoms with E-state index >= 15 is 0 Å². The molecule has 2 rings (SSSR count). The van der Waals surface area contributed by atoms with Crippen LogP contribution in [0.3, 0.4) is 0 Å². The molecular weight excluding hydrogens is 269 g/mol. The summed E-state index contributed by atoms with van der Waals surface area (Å²) >= 11 is 0. The topological polar surface area (TPSA) is 42.2 Å². The van der Waals surface area contributed by atoms with Crippen molar-refractivity contribution < 1.29 is 13.2 Å². The molecule has 4 nitrogen and oxygen atoms in total. The summed E-state index contributed by atoms with van der Waals surface area (Å²) in [4.78, 5) is 4.11. The van der Waals surface area contributed by atoms with Gasteiger partial charge >= 0.3 is 6.18 Å². The molecule has 7 heteroatoms. The Labute approximate surface area is 115 Å². The van der Waals surface area contributed by atoms with Gasteiger partial charge in [-0.05, 0) is 19.3 Å². The smallest absolute Gasteiger partial charge is 0.366 e. The summed E-state index contributed by atoms with van der Waals surface area (Å²) in [6.07, 6.45) is -0.705. The molecule has 0 aliphatic rings. The van der Waals surface area contributed by atoms with Gasteiger partial charge in [-0.2, -0.15) is 18.3 Å². The SMILES string of the molecule is CC(C)CC(C)Nc1nccn2nc(C(F)(F)F)cc12. The van der Waals surface area contributed by atoms with Crippen LogP contribution in [0.2, 0.25) is 0 Å². The molecule has 0 saturated carbocycles. The fraction of sp³-hybridized carbons (Fsp3) is 0.538. The largest absolute Gasteiger partial charge is 0.435 e. The van der Waals surface area contributed by atoms with Crippen LogP contribution in [0.25, 0.3) is 5.52 Å². The number of anilines is 1.